The number of aryl methyl sites for hydroxylation is 1. The summed E-state index contributed by atoms with van der Waals surface area (Å²) in [6.07, 6.45) is 5.41. The van der Waals surface area contributed by atoms with Crippen molar-refractivity contribution in [1.82, 2.24) is 9.13 Å². The van der Waals surface area contributed by atoms with Gasteiger partial charge in [-0.3, -0.25) is 0 Å². The number of hydrogen-bond acceptors (Lipinski definition) is 6. The summed E-state index contributed by atoms with van der Waals surface area (Å²) in [6.45, 7) is 1.13. The van der Waals surface area contributed by atoms with Crippen LogP contribution in [0.4, 0.5) is 0 Å². The number of methoxy groups -OCH3 is 1. The third-order valence-electron chi connectivity index (χ3n) is 9.54. The van der Waals surface area contributed by atoms with E-state index in [1.807, 2.05) is 60.3 Å². The lowest BCUT2D eigenvalue weighted by Crippen LogP contribution is -2.12. The van der Waals surface area contributed by atoms with Gasteiger partial charge >= 0.3 is 11.9 Å². The third-order valence-corrected chi connectivity index (χ3v) is 11.6. The van der Waals surface area contributed by atoms with E-state index >= 15 is 0 Å². The number of aromatic nitrogens is 2. The molecule has 0 atom stereocenters. The van der Waals surface area contributed by atoms with Crippen molar-refractivity contribution in [3.63, 3.8) is 0 Å². The minimum Gasteiger partial charge on any atom is -0.497 e. The average Bonchev–Trinajstić information content (AvgIpc) is 3.79. The molecular formula is C38H34N2O5S2. The monoisotopic (exact) mass is 662 g/mol. The molecule has 2 aliphatic rings. The van der Waals surface area contributed by atoms with Crippen LogP contribution in [-0.4, -0.2) is 39.0 Å². The third kappa shape index (κ3) is 5.31. The van der Waals surface area contributed by atoms with Gasteiger partial charge in [-0.1, -0.05) is 24.3 Å². The number of esters is 1. The van der Waals surface area contributed by atoms with Crippen molar-refractivity contribution >= 4 is 56.8 Å². The zero-order valence-electron chi connectivity index (χ0n) is 26.1. The Morgan fingerprint density at radius 2 is 1.68 bits per heavy atom. The molecule has 3 aromatic carbocycles. The number of benzene rings is 3. The Kier molecular flexibility index (Phi) is 7.81. The van der Waals surface area contributed by atoms with Gasteiger partial charge in [0.05, 0.1) is 30.3 Å². The Labute approximate surface area is 280 Å². The van der Waals surface area contributed by atoms with E-state index < -0.39 is 5.97 Å². The highest BCUT2D eigenvalue weighted by Gasteiger charge is 2.26. The molecule has 0 unspecified atom stereocenters. The van der Waals surface area contributed by atoms with Gasteiger partial charge < -0.3 is 23.7 Å². The van der Waals surface area contributed by atoms with Crippen LogP contribution in [0, 0.1) is 0 Å². The smallest absolute Gasteiger partial charge is 0.353 e. The number of hydrogen-bond donors (Lipinski definition) is 1. The normalized spacial score (nSPS) is 14.2. The van der Waals surface area contributed by atoms with E-state index in [-0.39, 0.29) is 5.97 Å². The van der Waals surface area contributed by atoms with Crippen molar-refractivity contribution in [3.05, 3.63) is 116 Å². The summed E-state index contributed by atoms with van der Waals surface area (Å²) in [4.78, 5) is 27.3. The summed E-state index contributed by atoms with van der Waals surface area (Å²) in [7, 11) is 1.70. The Morgan fingerprint density at radius 1 is 0.851 bits per heavy atom. The number of carbonyl (C=O) groups excluding carboxylic acids is 1. The number of carbonyl (C=O) groups is 2. The molecular weight excluding hydrogens is 629 g/mol. The fraction of sp³-hybridized carbons (Fsp3) is 0.263. The van der Waals surface area contributed by atoms with Crippen LogP contribution in [0.2, 0.25) is 0 Å². The molecule has 0 radical (unpaired) electrons. The predicted molar refractivity (Wildman–Crippen MR) is 188 cm³/mol. The van der Waals surface area contributed by atoms with E-state index in [4.69, 9.17) is 9.47 Å². The van der Waals surface area contributed by atoms with E-state index in [0.717, 1.165) is 57.9 Å². The van der Waals surface area contributed by atoms with Gasteiger partial charge in [-0.25, -0.2) is 9.59 Å². The molecule has 0 bridgehead atoms. The summed E-state index contributed by atoms with van der Waals surface area (Å²) < 4.78 is 16.4. The highest BCUT2D eigenvalue weighted by atomic mass is 32.2. The molecule has 3 aromatic heterocycles. The fourth-order valence-electron chi connectivity index (χ4n) is 7.39. The molecule has 1 aliphatic carbocycles. The SMILES string of the molecule is COc1ccc2c3c(n(Cc4ccc(C(=O)Oc5cccc6c5c5c(n6Cc6ccccc6C(=O)O)CCSC5)s4)c2c1)CCCC3. The summed E-state index contributed by atoms with van der Waals surface area (Å²) in [5.41, 5.74) is 8.37. The van der Waals surface area contributed by atoms with Crippen molar-refractivity contribution in [3.8, 4) is 11.5 Å². The average molecular weight is 663 g/mol. The zero-order chi connectivity index (χ0) is 32.1. The second-order valence-electron chi connectivity index (χ2n) is 12.2. The second kappa shape index (κ2) is 12.3. The molecule has 0 fully saturated rings. The molecule has 7 nitrogen and oxygen atoms in total. The number of thioether (sulfide) groups is 1. The second-order valence-corrected chi connectivity index (χ2v) is 14.5. The van der Waals surface area contributed by atoms with Gasteiger partial charge in [0.1, 0.15) is 16.4 Å². The molecule has 0 saturated heterocycles. The van der Waals surface area contributed by atoms with Crippen molar-refractivity contribution in [2.45, 2.75) is 50.9 Å². The molecule has 238 valence electrons. The largest absolute Gasteiger partial charge is 0.497 e. The maximum absolute atomic E-state index is 13.7. The molecule has 0 amide bonds. The molecule has 4 heterocycles. The van der Waals surface area contributed by atoms with Crippen LogP contribution < -0.4 is 9.47 Å². The first-order valence-electron chi connectivity index (χ1n) is 16.0. The molecule has 0 saturated carbocycles. The molecule has 1 N–H and O–H groups in total. The van der Waals surface area contributed by atoms with Crippen LogP contribution in [0.25, 0.3) is 21.8 Å². The summed E-state index contributed by atoms with van der Waals surface area (Å²) in [5.74, 6) is 1.90. The van der Waals surface area contributed by atoms with Gasteiger partial charge in [-0.15, -0.1) is 11.3 Å². The van der Waals surface area contributed by atoms with Gasteiger partial charge in [0, 0.05) is 45.4 Å². The number of ether oxygens (including phenoxy) is 2. The first kappa shape index (κ1) is 29.9. The van der Waals surface area contributed by atoms with Gasteiger partial charge in [-0.05, 0) is 97.0 Å². The molecule has 1 aliphatic heterocycles. The number of aromatic carboxylic acids is 1. The lowest BCUT2D eigenvalue weighted by Gasteiger charge is -2.16. The van der Waals surface area contributed by atoms with E-state index in [2.05, 4.69) is 21.3 Å². The molecule has 47 heavy (non-hydrogen) atoms. The Morgan fingerprint density at radius 3 is 2.55 bits per heavy atom. The van der Waals surface area contributed by atoms with E-state index in [1.165, 1.54) is 57.6 Å². The van der Waals surface area contributed by atoms with Gasteiger partial charge in [0.15, 0.2) is 0 Å². The summed E-state index contributed by atoms with van der Waals surface area (Å²) in [6, 6.07) is 23.3. The van der Waals surface area contributed by atoms with Crippen molar-refractivity contribution < 1.29 is 24.2 Å². The Hall–Kier alpha value is -4.47. The lowest BCUT2D eigenvalue weighted by atomic mass is 9.95. The summed E-state index contributed by atoms with van der Waals surface area (Å²) in [5, 5.41) is 12.0. The van der Waals surface area contributed by atoms with Crippen molar-refractivity contribution in [2.24, 2.45) is 0 Å². The quantitative estimate of drug-likeness (QED) is 0.130. The van der Waals surface area contributed by atoms with Crippen LogP contribution in [0.1, 0.15) is 65.8 Å². The number of rotatable bonds is 8. The lowest BCUT2D eigenvalue weighted by molar-refractivity contribution is 0.0693. The number of carboxylic acids is 1. The molecule has 9 heteroatoms. The zero-order valence-corrected chi connectivity index (χ0v) is 27.7. The van der Waals surface area contributed by atoms with Crippen molar-refractivity contribution in [2.75, 3.05) is 12.9 Å². The number of fused-ring (bicyclic) bond motifs is 6. The molecule has 0 spiro atoms. The Balaban J connectivity index is 1.11. The standard InChI is InChI=1S/C38H34N2O5S2/c1-44-24-13-15-28-27-9-4-5-10-30(27)40(33(28)19-24)21-25-14-16-35(47-25)38(43)45-34-12-6-11-32-36(34)29-22-46-18-17-31(29)39(32)20-23-7-2-3-8-26(23)37(41)42/h2-3,6-8,11-16,19H,4-5,9-10,17-18,20-22H2,1H3,(H,41,42). The minimum absolute atomic E-state index is 0.303. The number of carboxylic acid groups (broad SMARTS) is 1. The van der Waals surface area contributed by atoms with Crippen LogP contribution in [0.15, 0.2) is 72.8 Å². The minimum atomic E-state index is -0.934. The Bertz CT molecular complexity index is 2190. The van der Waals surface area contributed by atoms with Crippen LogP contribution in [-0.2, 0) is 38.1 Å². The van der Waals surface area contributed by atoms with Crippen LogP contribution in [0.5, 0.6) is 11.5 Å². The highest BCUT2D eigenvalue weighted by Crippen LogP contribution is 2.40. The van der Waals surface area contributed by atoms with Gasteiger partial charge in [0.2, 0.25) is 0 Å². The van der Waals surface area contributed by atoms with Crippen molar-refractivity contribution in [1.29, 1.82) is 0 Å². The first-order chi connectivity index (χ1) is 23.0. The van der Waals surface area contributed by atoms with Gasteiger partial charge in [-0.2, -0.15) is 11.8 Å². The summed E-state index contributed by atoms with van der Waals surface area (Å²) >= 11 is 3.35. The van der Waals surface area contributed by atoms with Gasteiger partial charge in [0.25, 0.3) is 0 Å². The first-order valence-corrected chi connectivity index (χ1v) is 18.0. The topological polar surface area (TPSA) is 82.7 Å². The molecule has 8 rings (SSSR count). The van der Waals surface area contributed by atoms with Crippen LogP contribution in [0.3, 0.4) is 0 Å². The predicted octanol–water partition coefficient (Wildman–Crippen LogP) is 8.35. The maximum atomic E-state index is 13.7. The fourth-order valence-corrected chi connectivity index (χ4v) is 9.26. The molecule has 6 aromatic rings. The van der Waals surface area contributed by atoms with Crippen LogP contribution >= 0.6 is 23.1 Å². The maximum Gasteiger partial charge on any atom is 0.353 e. The van der Waals surface area contributed by atoms with E-state index in [1.54, 1.807) is 19.2 Å². The van der Waals surface area contributed by atoms with E-state index in [9.17, 15) is 14.7 Å². The number of thiophene rings is 1. The highest BCUT2D eigenvalue weighted by molar-refractivity contribution is 7.98. The van der Waals surface area contributed by atoms with E-state index in [0.29, 0.717) is 29.3 Å². The number of nitrogens with zero attached hydrogens (tertiary/aromatic N) is 2.